The molecule has 0 aliphatic carbocycles. The van der Waals surface area contributed by atoms with Crippen LogP contribution in [0.2, 0.25) is 0 Å². The average molecular weight is 231 g/mol. The van der Waals surface area contributed by atoms with Crippen molar-refractivity contribution >= 4 is 5.69 Å². The van der Waals surface area contributed by atoms with Gasteiger partial charge in [-0.25, -0.2) is 0 Å². The van der Waals surface area contributed by atoms with Gasteiger partial charge < -0.3 is 4.74 Å². The van der Waals surface area contributed by atoms with E-state index in [1.165, 1.54) is 12.3 Å². The molecule has 17 heavy (non-hydrogen) atoms. The minimum absolute atomic E-state index is 0.150. The third-order valence-corrected chi connectivity index (χ3v) is 2.06. The van der Waals surface area contributed by atoms with Crippen LogP contribution in [0.1, 0.15) is 5.69 Å². The summed E-state index contributed by atoms with van der Waals surface area (Å²) in [6.07, 6.45) is 4.24. The lowest BCUT2D eigenvalue weighted by Crippen LogP contribution is -2.00. The first-order valence-electron chi connectivity index (χ1n) is 4.88. The molecule has 2 aromatic heterocycles. The highest BCUT2D eigenvalue weighted by Gasteiger charge is 2.14. The van der Waals surface area contributed by atoms with Crippen LogP contribution in [0, 0.1) is 10.1 Å². The highest BCUT2D eigenvalue weighted by molar-refractivity contribution is 5.43. The Bertz CT molecular complexity index is 516. The molecule has 0 unspecified atom stereocenters. The normalized spacial score (nSPS) is 9.88. The van der Waals surface area contributed by atoms with Crippen LogP contribution < -0.4 is 4.74 Å². The maximum absolute atomic E-state index is 10.7. The van der Waals surface area contributed by atoms with E-state index in [0.29, 0.717) is 5.69 Å². The van der Waals surface area contributed by atoms with E-state index in [1.807, 2.05) is 6.07 Å². The monoisotopic (exact) mass is 231 g/mol. The van der Waals surface area contributed by atoms with Crippen molar-refractivity contribution in [3.05, 3.63) is 58.7 Å². The zero-order chi connectivity index (χ0) is 12.1. The van der Waals surface area contributed by atoms with Crippen LogP contribution in [0.15, 0.2) is 42.9 Å². The van der Waals surface area contributed by atoms with Crippen molar-refractivity contribution in [1.29, 1.82) is 0 Å². The van der Waals surface area contributed by atoms with E-state index in [0.717, 1.165) is 6.20 Å². The number of nitrogens with zero attached hydrogens (tertiary/aromatic N) is 3. The smallest absolute Gasteiger partial charge is 0.329 e. The summed E-state index contributed by atoms with van der Waals surface area (Å²) >= 11 is 0. The molecule has 0 saturated carbocycles. The molecule has 86 valence electrons. The van der Waals surface area contributed by atoms with Gasteiger partial charge in [-0.2, -0.15) is 0 Å². The van der Waals surface area contributed by atoms with Crippen molar-refractivity contribution in [2.24, 2.45) is 0 Å². The minimum Gasteiger partial charge on any atom is -0.480 e. The van der Waals surface area contributed by atoms with Crippen LogP contribution in [-0.4, -0.2) is 14.9 Å². The Morgan fingerprint density at radius 1 is 1.29 bits per heavy atom. The third kappa shape index (κ3) is 2.75. The molecule has 2 rings (SSSR count). The van der Waals surface area contributed by atoms with Crippen molar-refractivity contribution in [3.63, 3.8) is 0 Å². The van der Waals surface area contributed by atoms with Gasteiger partial charge in [-0.3, -0.25) is 20.1 Å². The summed E-state index contributed by atoms with van der Waals surface area (Å²) in [7, 11) is 0. The minimum atomic E-state index is -0.527. The highest BCUT2D eigenvalue weighted by atomic mass is 16.6. The molecule has 0 radical (unpaired) electrons. The van der Waals surface area contributed by atoms with E-state index in [1.54, 1.807) is 18.3 Å². The van der Waals surface area contributed by atoms with Gasteiger partial charge in [0.1, 0.15) is 12.8 Å². The number of hydrogen-bond acceptors (Lipinski definition) is 5. The summed E-state index contributed by atoms with van der Waals surface area (Å²) in [6, 6.07) is 6.86. The topological polar surface area (TPSA) is 78.2 Å². The second-order valence-electron chi connectivity index (χ2n) is 3.21. The van der Waals surface area contributed by atoms with Gasteiger partial charge in [0, 0.05) is 18.5 Å². The van der Waals surface area contributed by atoms with E-state index in [9.17, 15) is 10.1 Å². The number of rotatable bonds is 4. The number of ether oxygens (including phenoxy) is 1. The Hall–Kier alpha value is -2.50. The van der Waals surface area contributed by atoms with Crippen LogP contribution in [0.5, 0.6) is 5.75 Å². The number of aromatic nitrogens is 2. The van der Waals surface area contributed by atoms with E-state index < -0.39 is 4.92 Å². The molecule has 0 aromatic carbocycles. The van der Waals surface area contributed by atoms with Gasteiger partial charge in [0.2, 0.25) is 5.75 Å². The lowest BCUT2D eigenvalue weighted by Gasteiger charge is -2.05. The van der Waals surface area contributed by atoms with Gasteiger partial charge in [-0.05, 0) is 12.1 Å². The molecule has 0 N–H and O–H groups in total. The lowest BCUT2D eigenvalue weighted by atomic mass is 10.3. The summed E-state index contributed by atoms with van der Waals surface area (Å²) in [6.45, 7) is 0.186. The fourth-order valence-corrected chi connectivity index (χ4v) is 1.27. The SMILES string of the molecule is O=[N+]([O-])c1cnccc1OCc1ccccn1. The summed E-state index contributed by atoms with van der Waals surface area (Å²) in [4.78, 5) is 17.9. The van der Waals surface area contributed by atoms with Crippen LogP contribution >= 0.6 is 0 Å². The van der Waals surface area contributed by atoms with Gasteiger partial charge in [0.15, 0.2) is 0 Å². The first kappa shape index (κ1) is 11.0. The van der Waals surface area contributed by atoms with Crippen molar-refractivity contribution in [2.45, 2.75) is 6.61 Å². The molecule has 0 fully saturated rings. The molecular weight excluding hydrogens is 222 g/mol. The molecule has 0 bridgehead atoms. The Morgan fingerprint density at radius 2 is 2.18 bits per heavy atom. The Balaban J connectivity index is 2.12. The van der Waals surface area contributed by atoms with Crippen molar-refractivity contribution in [3.8, 4) is 5.75 Å². The van der Waals surface area contributed by atoms with Gasteiger partial charge in [-0.1, -0.05) is 6.07 Å². The molecule has 0 atom stereocenters. The zero-order valence-electron chi connectivity index (χ0n) is 8.81. The largest absolute Gasteiger partial charge is 0.480 e. The summed E-state index contributed by atoms with van der Waals surface area (Å²) in [5.74, 6) is 0.190. The van der Waals surface area contributed by atoms with E-state index in [-0.39, 0.29) is 18.0 Å². The summed E-state index contributed by atoms with van der Waals surface area (Å²) in [5, 5.41) is 10.7. The van der Waals surface area contributed by atoms with Crippen LogP contribution in [0.3, 0.4) is 0 Å². The van der Waals surface area contributed by atoms with Gasteiger partial charge in [0.05, 0.1) is 10.6 Å². The number of hydrogen-bond donors (Lipinski definition) is 0. The quantitative estimate of drug-likeness (QED) is 0.593. The predicted octanol–water partition coefficient (Wildman–Crippen LogP) is 1.96. The maximum Gasteiger partial charge on any atom is 0.329 e. The first-order chi connectivity index (χ1) is 8.27. The van der Waals surface area contributed by atoms with Gasteiger partial charge >= 0.3 is 5.69 Å². The fourth-order valence-electron chi connectivity index (χ4n) is 1.27. The standard InChI is InChI=1S/C11H9N3O3/c15-14(16)10-7-12-6-4-11(10)17-8-9-3-1-2-5-13-9/h1-7H,8H2. The lowest BCUT2D eigenvalue weighted by molar-refractivity contribution is -0.386. The number of pyridine rings is 2. The van der Waals surface area contributed by atoms with Gasteiger partial charge in [0.25, 0.3) is 0 Å². The molecule has 6 nitrogen and oxygen atoms in total. The molecule has 0 saturated heterocycles. The molecular formula is C11H9N3O3. The van der Waals surface area contributed by atoms with E-state index in [2.05, 4.69) is 9.97 Å². The first-order valence-corrected chi connectivity index (χ1v) is 4.88. The molecule has 0 amide bonds. The van der Waals surface area contributed by atoms with Crippen molar-refractivity contribution in [1.82, 2.24) is 9.97 Å². The van der Waals surface area contributed by atoms with Crippen LogP contribution in [0.25, 0.3) is 0 Å². The molecule has 0 aliphatic heterocycles. The second kappa shape index (κ2) is 5.02. The van der Waals surface area contributed by atoms with Crippen molar-refractivity contribution < 1.29 is 9.66 Å². The van der Waals surface area contributed by atoms with E-state index >= 15 is 0 Å². The summed E-state index contributed by atoms with van der Waals surface area (Å²) in [5.41, 5.74) is 0.557. The van der Waals surface area contributed by atoms with Crippen molar-refractivity contribution in [2.75, 3.05) is 0 Å². The summed E-state index contributed by atoms with van der Waals surface area (Å²) < 4.78 is 5.34. The molecule has 2 aromatic rings. The number of nitro groups is 1. The third-order valence-electron chi connectivity index (χ3n) is 2.06. The van der Waals surface area contributed by atoms with Crippen LogP contribution in [0.4, 0.5) is 5.69 Å². The highest BCUT2D eigenvalue weighted by Crippen LogP contribution is 2.25. The van der Waals surface area contributed by atoms with Crippen LogP contribution in [-0.2, 0) is 6.61 Å². The second-order valence-corrected chi connectivity index (χ2v) is 3.21. The molecule has 0 spiro atoms. The van der Waals surface area contributed by atoms with Gasteiger partial charge in [-0.15, -0.1) is 0 Å². The maximum atomic E-state index is 10.7. The zero-order valence-corrected chi connectivity index (χ0v) is 8.81. The molecule has 0 aliphatic rings. The molecule has 2 heterocycles. The fraction of sp³-hybridized carbons (Fsp3) is 0.0909. The predicted molar refractivity (Wildman–Crippen MR) is 59.5 cm³/mol. The Morgan fingerprint density at radius 3 is 2.88 bits per heavy atom. The average Bonchev–Trinajstić information content (AvgIpc) is 2.38. The Kier molecular flexibility index (Phi) is 3.25. The van der Waals surface area contributed by atoms with E-state index in [4.69, 9.17) is 4.74 Å². The molecule has 6 heteroatoms. The Labute approximate surface area is 97.1 Å².